The van der Waals surface area contributed by atoms with Gasteiger partial charge in [0.15, 0.2) is 0 Å². The number of hydrogen-bond acceptors (Lipinski definition) is 4. The van der Waals surface area contributed by atoms with E-state index < -0.39 is 6.03 Å². The second-order valence-electron chi connectivity index (χ2n) is 5.20. The molecule has 0 spiro atoms. The molecular weight excluding hydrogens is 274 g/mol. The third-order valence-electron chi connectivity index (χ3n) is 3.83. The third kappa shape index (κ3) is 2.88. The molecule has 112 valence electrons. The van der Waals surface area contributed by atoms with E-state index >= 15 is 0 Å². The highest BCUT2D eigenvalue weighted by molar-refractivity contribution is 5.96. The fraction of sp³-hybridized carbons (Fsp3) is 0.538. The molecule has 0 atom stereocenters. The van der Waals surface area contributed by atoms with Crippen molar-refractivity contribution in [2.24, 2.45) is 0 Å². The number of fused-ring (bicyclic) bond motifs is 1. The van der Waals surface area contributed by atoms with Crippen LogP contribution in [0.5, 0.6) is 0 Å². The van der Waals surface area contributed by atoms with Crippen LogP contribution < -0.4 is 5.32 Å². The highest BCUT2D eigenvalue weighted by Crippen LogP contribution is 2.12. The van der Waals surface area contributed by atoms with Crippen LogP contribution >= 0.6 is 0 Å². The summed E-state index contributed by atoms with van der Waals surface area (Å²) < 4.78 is 1.90. The molecule has 1 aromatic rings. The second kappa shape index (κ2) is 5.55. The lowest BCUT2D eigenvalue weighted by Gasteiger charge is -2.30. The Kier molecular flexibility index (Phi) is 3.59. The Hall–Kier alpha value is -2.38. The first kappa shape index (κ1) is 13.6. The molecule has 1 aromatic heterocycles. The standard InChI is InChI=1S/C13H17N5O3/c19-11-2-5-16(13(21)15-11)6-3-12(20)17-7-8-18-10(9-17)1-4-14-18/h1,4H,2-3,5-9H2,(H,15,19,21). The van der Waals surface area contributed by atoms with Crippen LogP contribution in [0, 0.1) is 0 Å². The zero-order valence-corrected chi connectivity index (χ0v) is 11.6. The van der Waals surface area contributed by atoms with Gasteiger partial charge in [0, 0.05) is 38.7 Å². The Morgan fingerprint density at radius 1 is 1.29 bits per heavy atom. The Morgan fingerprint density at radius 2 is 2.14 bits per heavy atom. The number of nitrogens with zero attached hydrogens (tertiary/aromatic N) is 4. The predicted octanol–water partition coefficient (Wildman–Crippen LogP) is -0.443. The van der Waals surface area contributed by atoms with E-state index in [9.17, 15) is 14.4 Å². The number of hydrogen-bond donors (Lipinski definition) is 1. The van der Waals surface area contributed by atoms with Crippen LogP contribution in [0.2, 0.25) is 0 Å². The molecular formula is C13H17N5O3. The lowest BCUT2D eigenvalue weighted by Crippen LogP contribution is -2.50. The topological polar surface area (TPSA) is 87.5 Å². The summed E-state index contributed by atoms with van der Waals surface area (Å²) in [6.45, 7) is 2.62. The molecule has 0 bridgehead atoms. The second-order valence-corrected chi connectivity index (χ2v) is 5.20. The molecule has 2 aliphatic rings. The van der Waals surface area contributed by atoms with Gasteiger partial charge in [-0.05, 0) is 6.07 Å². The van der Waals surface area contributed by atoms with Crippen molar-refractivity contribution in [1.29, 1.82) is 0 Å². The Balaban J connectivity index is 1.51. The van der Waals surface area contributed by atoms with Gasteiger partial charge in [0.25, 0.3) is 0 Å². The van der Waals surface area contributed by atoms with Gasteiger partial charge in [-0.15, -0.1) is 0 Å². The summed E-state index contributed by atoms with van der Waals surface area (Å²) >= 11 is 0. The van der Waals surface area contributed by atoms with E-state index in [1.807, 2.05) is 10.7 Å². The minimum atomic E-state index is -0.407. The largest absolute Gasteiger partial charge is 0.335 e. The van der Waals surface area contributed by atoms with Crippen LogP contribution in [0.4, 0.5) is 4.79 Å². The minimum Gasteiger partial charge on any atom is -0.335 e. The van der Waals surface area contributed by atoms with Gasteiger partial charge < -0.3 is 9.80 Å². The SMILES string of the molecule is O=C1CCN(CCC(=O)N2CCn3nccc3C2)C(=O)N1. The van der Waals surface area contributed by atoms with Crippen molar-refractivity contribution in [2.75, 3.05) is 19.6 Å². The number of rotatable bonds is 3. The number of amides is 4. The lowest BCUT2D eigenvalue weighted by molar-refractivity contribution is -0.132. The van der Waals surface area contributed by atoms with E-state index in [1.54, 1.807) is 11.1 Å². The van der Waals surface area contributed by atoms with Crippen LogP contribution in [0.1, 0.15) is 18.5 Å². The maximum atomic E-state index is 12.2. The molecule has 21 heavy (non-hydrogen) atoms. The molecule has 0 aliphatic carbocycles. The maximum Gasteiger partial charge on any atom is 0.324 e. The average Bonchev–Trinajstić information content (AvgIpc) is 2.93. The number of nitrogens with one attached hydrogen (secondary N) is 1. The van der Waals surface area contributed by atoms with Crippen molar-refractivity contribution in [2.45, 2.75) is 25.9 Å². The molecule has 8 heteroatoms. The quantitative estimate of drug-likeness (QED) is 0.817. The van der Waals surface area contributed by atoms with Gasteiger partial charge in [-0.25, -0.2) is 4.79 Å². The fourth-order valence-electron chi connectivity index (χ4n) is 2.60. The smallest absolute Gasteiger partial charge is 0.324 e. The summed E-state index contributed by atoms with van der Waals surface area (Å²) in [6.07, 6.45) is 2.30. The maximum absolute atomic E-state index is 12.2. The zero-order chi connectivity index (χ0) is 14.8. The van der Waals surface area contributed by atoms with Crippen LogP contribution in [-0.4, -0.2) is 57.1 Å². The number of carbonyl (C=O) groups excluding carboxylic acids is 3. The Labute approximate surface area is 121 Å². The summed E-state index contributed by atoms with van der Waals surface area (Å²) in [7, 11) is 0. The molecule has 1 fully saturated rings. The Morgan fingerprint density at radius 3 is 2.95 bits per heavy atom. The van der Waals surface area contributed by atoms with Gasteiger partial charge in [0.05, 0.1) is 18.8 Å². The highest BCUT2D eigenvalue weighted by Gasteiger charge is 2.25. The zero-order valence-electron chi connectivity index (χ0n) is 11.6. The predicted molar refractivity (Wildman–Crippen MR) is 72.0 cm³/mol. The van der Waals surface area contributed by atoms with Crippen LogP contribution in [0.3, 0.4) is 0 Å². The molecule has 0 radical (unpaired) electrons. The van der Waals surface area contributed by atoms with Crippen LogP contribution in [0.25, 0.3) is 0 Å². The van der Waals surface area contributed by atoms with Crippen LogP contribution in [-0.2, 0) is 22.7 Å². The average molecular weight is 291 g/mol. The van der Waals surface area contributed by atoms with Crippen molar-refractivity contribution in [3.8, 4) is 0 Å². The molecule has 2 aliphatic heterocycles. The number of aromatic nitrogens is 2. The van der Waals surface area contributed by atoms with Gasteiger partial charge in [-0.2, -0.15) is 5.10 Å². The minimum absolute atomic E-state index is 0.0205. The molecule has 8 nitrogen and oxygen atoms in total. The lowest BCUT2D eigenvalue weighted by atomic mass is 10.2. The molecule has 1 saturated heterocycles. The van der Waals surface area contributed by atoms with E-state index in [1.165, 1.54) is 4.90 Å². The monoisotopic (exact) mass is 291 g/mol. The van der Waals surface area contributed by atoms with Gasteiger partial charge in [0.2, 0.25) is 11.8 Å². The molecule has 0 unspecified atom stereocenters. The molecule has 1 N–H and O–H groups in total. The normalized spacial score (nSPS) is 18.5. The summed E-state index contributed by atoms with van der Waals surface area (Å²) in [5, 5.41) is 6.43. The molecule has 3 heterocycles. The van der Waals surface area contributed by atoms with E-state index in [4.69, 9.17) is 0 Å². The summed E-state index contributed by atoms with van der Waals surface area (Å²) in [5.41, 5.74) is 1.02. The molecule has 0 aromatic carbocycles. The van der Waals surface area contributed by atoms with Gasteiger partial charge >= 0.3 is 6.03 Å². The van der Waals surface area contributed by atoms with Gasteiger partial charge in [-0.3, -0.25) is 19.6 Å². The molecule has 3 rings (SSSR count). The fourth-order valence-corrected chi connectivity index (χ4v) is 2.60. The molecule has 4 amide bonds. The van der Waals surface area contributed by atoms with Crippen molar-refractivity contribution >= 4 is 17.8 Å². The van der Waals surface area contributed by atoms with E-state index in [0.29, 0.717) is 39.1 Å². The van der Waals surface area contributed by atoms with Crippen molar-refractivity contribution in [3.05, 3.63) is 18.0 Å². The third-order valence-corrected chi connectivity index (χ3v) is 3.83. The first-order valence-corrected chi connectivity index (χ1v) is 7.01. The Bertz CT molecular complexity index is 582. The van der Waals surface area contributed by atoms with Crippen LogP contribution in [0.15, 0.2) is 12.3 Å². The number of imide groups is 1. The summed E-state index contributed by atoms with van der Waals surface area (Å²) in [4.78, 5) is 38.1. The first-order chi connectivity index (χ1) is 10.1. The number of carbonyl (C=O) groups is 3. The first-order valence-electron chi connectivity index (χ1n) is 7.01. The van der Waals surface area contributed by atoms with E-state index in [-0.39, 0.29) is 18.2 Å². The van der Waals surface area contributed by atoms with Crippen molar-refractivity contribution in [1.82, 2.24) is 24.9 Å². The summed E-state index contributed by atoms with van der Waals surface area (Å²) in [5.74, 6) is -0.237. The van der Waals surface area contributed by atoms with E-state index in [0.717, 1.165) is 5.69 Å². The highest BCUT2D eigenvalue weighted by atomic mass is 16.2. The van der Waals surface area contributed by atoms with Gasteiger partial charge in [0.1, 0.15) is 0 Å². The van der Waals surface area contributed by atoms with Crippen molar-refractivity contribution < 1.29 is 14.4 Å². The van der Waals surface area contributed by atoms with Gasteiger partial charge in [-0.1, -0.05) is 0 Å². The number of urea groups is 1. The van der Waals surface area contributed by atoms with E-state index in [2.05, 4.69) is 10.4 Å². The van der Waals surface area contributed by atoms with Crippen molar-refractivity contribution in [3.63, 3.8) is 0 Å². The molecule has 0 saturated carbocycles. The summed E-state index contributed by atoms with van der Waals surface area (Å²) in [6, 6.07) is 1.50.